The molecule has 0 aliphatic carbocycles. The van der Waals surface area contributed by atoms with Gasteiger partial charge in [0.1, 0.15) is 18.1 Å². The van der Waals surface area contributed by atoms with Gasteiger partial charge in [0, 0.05) is 22.6 Å². The summed E-state index contributed by atoms with van der Waals surface area (Å²) in [4.78, 5) is 12.4. The molecule has 0 unspecified atom stereocenters. The summed E-state index contributed by atoms with van der Waals surface area (Å²) in [5, 5.41) is 14.2. The fourth-order valence-electron chi connectivity index (χ4n) is 3.95. The van der Waals surface area contributed by atoms with Gasteiger partial charge in [-0.2, -0.15) is 5.10 Å². The topological polar surface area (TPSA) is 98.2 Å². The summed E-state index contributed by atoms with van der Waals surface area (Å²) in [5.41, 5.74) is 7.12. The number of hydrazone groups is 1. The van der Waals surface area contributed by atoms with Crippen LogP contribution in [0.2, 0.25) is 0 Å². The van der Waals surface area contributed by atoms with Crippen molar-refractivity contribution in [2.45, 2.75) is 26.9 Å². The number of carbonyl (C=O) groups excluding carboxylic acids is 1. The number of methoxy groups -OCH3 is 1. The SMILES string of the molecule is C=CCc1cc(C=NNC(=O)c2ccc(COc3ccc(-n4c(C)ccc4C)cc3)o2)cc(OC)c1O. The summed E-state index contributed by atoms with van der Waals surface area (Å²) in [7, 11) is 1.47. The second kappa shape index (κ2) is 11.3. The minimum absolute atomic E-state index is 0.0518. The van der Waals surface area contributed by atoms with Crippen molar-refractivity contribution in [1.82, 2.24) is 9.99 Å². The highest BCUT2D eigenvalue weighted by molar-refractivity contribution is 5.92. The zero-order valence-corrected chi connectivity index (χ0v) is 21.0. The lowest BCUT2D eigenvalue weighted by Crippen LogP contribution is -2.16. The molecule has 2 aromatic heterocycles. The highest BCUT2D eigenvalue weighted by Gasteiger charge is 2.12. The smallest absolute Gasteiger partial charge is 0.307 e. The molecular formula is C29H29N3O5. The average Bonchev–Trinajstić information content (AvgIpc) is 3.51. The van der Waals surface area contributed by atoms with Crippen LogP contribution in [0, 0.1) is 13.8 Å². The Morgan fingerprint density at radius 2 is 1.84 bits per heavy atom. The van der Waals surface area contributed by atoms with E-state index in [0.29, 0.717) is 34.8 Å². The van der Waals surface area contributed by atoms with Gasteiger partial charge in [-0.3, -0.25) is 4.79 Å². The number of aromatic hydroxyl groups is 1. The van der Waals surface area contributed by atoms with E-state index >= 15 is 0 Å². The van der Waals surface area contributed by atoms with Crippen molar-refractivity contribution in [3.8, 4) is 22.9 Å². The summed E-state index contributed by atoms with van der Waals surface area (Å²) >= 11 is 0. The number of aromatic nitrogens is 1. The van der Waals surface area contributed by atoms with Crippen LogP contribution in [0.3, 0.4) is 0 Å². The van der Waals surface area contributed by atoms with E-state index in [9.17, 15) is 9.90 Å². The number of amides is 1. The third kappa shape index (κ3) is 5.92. The van der Waals surface area contributed by atoms with Gasteiger partial charge in [-0.1, -0.05) is 6.08 Å². The van der Waals surface area contributed by atoms with Crippen molar-refractivity contribution in [3.63, 3.8) is 0 Å². The lowest BCUT2D eigenvalue weighted by molar-refractivity contribution is 0.0923. The molecule has 0 aliphatic rings. The molecule has 37 heavy (non-hydrogen) atoms. The quantitative estimate of drug-likeness (QED) is 0.171. The number of phenolic OH excluding ortho intramolecular Hbond substituents is 1. The Kier molecular flexibility index (Phi) is 7.78. The molecule has 4 rings (SSSR count). The van der Waals surface area contributed by atoms with Crippen molar-refractivity contribution in [1.29, 1.82) is 0 Å². The summed E-state index contributed by atoms with van der Waals surface area (Å²) < 4.78 is 18.8. The van der Waals surface area contributed by atoms with Crippen LogP contribution >= 0.6 is 0 Å². The Balaban J connectivity index is 1.33. The fourth-order valence-corrected chi connectivity index (χ4v) is 3.95. The summed E-state index contributed by atoms with van der Waals surface area (Å²) in [5.74, 6) is 1.18. The number of carbonyl (C=O) groups is 1. The average molecular weight is 500 g/mol. The van der Waals surface area contributed by atoms with E-state index in [0.717, 1.165) is 17.1 Å². The fraction of sp³-hybridized carbons (Fsp3) is 0.172. The van der Waals surface area contributed by atoms with Crippen LogP contribution in [0.15, 0.2) is 82.8 Å². The molecule has 4 aromatic rings. The van der Waals surface area contributed by atoms with Gasteiger partial charge < -0.3 is 23.6 Å². The number of furan rings is 1. The zero-order chi connectivity index (χ0) is 26.4. The number of nitrogens with one attached hydrogen (secondary N) is 1. The highest BCUT2D eigenvalue weighted by atomic mass is 16.5. The zero-order valence-electron chi connectivity index (χ0n) is 21.0. The summed E-state index contributed by atoms with van der Waals surface area (Å²) in [6, 6.07) is 18.6. The van der Waals surface area contributed by atoms with Crippen LogP contribution < -0.4 is 14.9 Å². The predicted molar refractivity (Wildman–Crippen MR) is 142 cm³/mol. The van der Waals surface area contributed by atoms with Gasteiger partial charge in [0.15, 0.2) is 17.3 Å². The van der Waals surface area contributed by atoms with Crippen LogP contribution in [0.1, 0.15) is 38.8 Å². The number of nitrogens with zero attached hydrogens (tertiary/aromatic N) is 2. The van der Waals surface area contributed by atoms with Crippen molar-refractivity contribution in [2.24, 2.45) is 5.10 Å². The first kappa shape index (κ1) is 25.4. The number of benzene rings is 2. The molecule has 2 N–H and O–H groups in total. The third-order valence-corrected chi connectivity index (χ3v) is 5.77. The first-order chi connectivity index (χ1) is 17.9. The number of hydrogen-bond acceptors (Lipinski definition) is 6. The minimum atomic E-state index is -0.499. The van der Waals surface area contributed by atoms with Gasteiger partial charge in [-0.05, 0) is 86.5 Å². The predicted octanol–water partition coefficient (Wildman–Crippen LogP) is 5.47. The number of rotatable bonds is 10. The van der Waals surface area contributed by atoms with Gasteiger partial charge in [0.05, 0.1) is 13.3 Å². The van der Waals surface area contributed by atoms with E-state index in [1.165, 1.54) is 13.3 Å². The molecule has 0 radical (unpaired) electrons. The Bertz CT molecular complexity index is 1410. The Hall–Kier alpha value is -4.72. The molecule has 0 saturated carbocycles. The Morgan fingerprint density at radius 1 is 1.11 bits per heavy atom. The van der Waals surface area contributed by atoms with Crippen LogP contribution in [0.4, 0.5) is 0 Å². The van der Waals surface area contributed by atoms with E-state index in [-0.39, 0.29) is 18.1 Å². The third-order valence-electron chi connectivity index (χ3n) is 5.77. The summed E-state index contributed by atoms with van der Waals surface area (Å²) in [6.07, 6.45) is 3.60. The lowest BCUT2D eigenvalue weighted by atomic mass is 10.1. The second-order valence-electron chi connectivity index (χ2n) is 8.42. The maximum absolute atomic E-state index is 12.4. The molecule has 2 heterocycles. The van der Waals surface area contributed by atoms with E-state index < -0.39 is 5.91 Å². The molecule has 0 fully saturated rings. The maximum atomic E-state index is 12.4. The van der Waals surface area contributed by atoms with Gasteiger partial charge in [0.2, 0.25) is 0 Å². The van der Waals surface area contributed by atoms with E-state index in [1.54, 1.807) is 30.3 Å². The maximum Gasteiger partial charge on any atom is 0.307 e. The molecule has 2 aromatic carbocycles. The molecule has 190 valence electrons. The number of allylic oxidation sites excluding steroid dienone is 1. The van der Waals surface area contributed by atoms with Crippen molar-refractivity contribution >= 4 is 12.1 Å². The van der Waals surface area contributed by atoms with Crippen molar-refractivity contribution < 1.29 is 23.8 Å². The molecule has 8 nitrogen and oxygen atoms in total. The van der Waals surface area contributed by atoms with Gasteiger partial charge >= 0.3 is 5.91 Å². The molecule has 0 aliphatic heterocycles. The first-order valence-electron chi connectivity index (χ1n) is 11.7. The van der Waals surface area contributed by atoms with Crippen LogP contribution in [-0.2, 0) is 13.0 Å². The monoisotopic (exact) mass is 499 g/mol. The molecule has 0 spiro atoms. The Morgan fingerprint density at radius 3 is 2.51 bits per heavy atom. The van der Waals surface area contributed by atoms with E-state index in [4.69, 9.17) is 13.9 Å². The lowest BCUT2D eigenvalue weighted by Gasteiger charge is -2.10. The number of phenols is 1. The summed E-state index contributed by atoms with van der Waals surface area (Å²) in [6.45, 7) is 8.00. The first-order valence-corrected chi connectivity index (χ1v) is 11.7. The van der Waals surface area contributed by atoms with E-state index in [2.05, 4.69) is 47.7 Å². The molecule has 8 heteroatoms. The molecular weight excluding hydrogens is 470 g/mol. The van der Waals surface area contributed by atoms with Gasteiger partial charge in [-0.25, -0.2) is 5.43 Å². The molecule has 0 bridgehead atoms. The minimum Gasteiger partial charge on any atom is -0.504 e. The largest absolute Gasteiger partial charge is 0.504 e. The Labute approximate surface area is 215 Å². The highest BCUT2D eigenvalue weighted by Crippen LogP contribution is 2.31. The normalized spacial score (nSPS) is 11.0. The van der Waals surface area contributed by atoms with Crippen LogP contribution in [-0.4, -0.2) is 28.9 Å². The molecule has 0 atom stereocenters. The molecule has 1 amide bonds. The number of ether oxygens (including phenoxy) is 2. The number of aryl methyl sites for hydroxylation is 2. The second-order valence-corrected chi connectivity index (χ2v) is 8.42. The van der Waals surface area contributed by atoms with Crippen molar-refractivity contribution in [2.75, 3.05) is 7.11 Å². The van der Waals surface area contributed by atoms with Gasteiger partial charge in [0.25, 0.3) is 0 Å². The molecule has 0 saturated heterocycles. The van der Waals surface area contributed by atoms with Crippen molar-refractivity contribution in [3.05, 3.63) is 107 Å². The standard InChI is InChI=1S/C29H29N3O5/c1-5-6-22-15-21(16-27(35-4)28(22)33)17-30-31-29(34)26-14-13-25(37-26)18-36-24-11-9-23(10-12-24)32-19(2)7-8-20(32)3/h5,7-17,33H,1,6,18H2,2-4H3,(H,31,34). The number of hydrogen-bond donors (Lipinski definition) is 2. The van der Waals surface area contributed by atoms with E-state index in [1.807, 2.05) is 24.3 Å². The van der Waals surface area contributed by atoms with Gasteiger partial charge in [-0.15, -0.1) is 6.58 Å². The van der Waals surface area contributed by atoms with Crippen LogP contribution in [0.5, 0.6) is 17.2 Å². The van der Waals surface area contributed by atoms with Crippen LogP contribution in [0.25, 0.3) is 5.69 Å².